The van der Waals surface area contributed by atoms with E-state index in [9.17, 15) is 10.4 Å². The summed E-state index contributed by atoms with van der Waals surface area (Å²) in [6.45, 7) is 14.6. The summed E-state index contributed by atoms with van der Waals surface area (Å²) in [6, 6.07) is 2.54. The Morgan fingerprint density at radius 3 is 2.28 bits per heavy atom. The largest absolute Gasteiger partial charge is 0.394 e. The lowest BCUT2D eigenvalue weighted by molar-refractivity contribution is -0.0553. The van der Waals surface area contributed by atoms with Crippen LogP contribution in [-0.2, 0) is 10.0 Å². The molecule has 1 unspecified atom stereocenters. The van der Waals surface area contributed by atoms with Crippen molar-refractivity contribution in [1.29, 1.82) is 5.26 Å². The van der Waals surface area contributed by atoms with Crippen LogP contribution in [-0.4, -0.2) is 24.0 Å². The Balaban J connectivity index is 2.57. The highest BCUT2D eigenvalue weighted by Crippen LogP contribution is 2.53. The van der Waals surface area contributed by atoms with Crippen LogP contribution in [0.3, 0.4) is 0 Å². The second-order valence-electron chi connectivity index (χ2n) is 9.34. The molecule has 25 heavy (non-hydrogen) atoms. The molecule has 0 bridgehead atoms. The van der Waals surface area contributed by atoms with E-state index in [4.69, 9.17) is 4.43 Å². The average Bonchev–Trinajstić information content (AvgIpc) is 3.14. The summed E-state index contributed by atoms with van der Waals surface area (Å²) in [4.78, 5) is 4.50. The maximum Gasteiger partial charge on any atom is 0.199 e. The van der Waals surface area contributed by atoms with Gasteiger partial charge >= 0.3 is 0 Å². The lowest BCUT2D eigenvalue weighted by Crippen LogP contribution is -2.53. The van der Waals surface area contributed by atoms with Gasteiger partial charge in [0, 0.05) is 17.5 Å². The third-order valence-electron chi connectivity index (χ3n) is 6.08. The molecule has 0 aromatic carbocycles. The van der Waals surface area contributed by atoms with Crippen molar-refractivity contribution in [2.24, 2.45) is 11.8 Å². The van der Waals surface area contributed by atoms with Crippen molar-refractivity contribution < 1.29 is 9.53 Å². The molecule has 0 amide bonds. The van der Waals surface area contributed by atoms with Gasteiger partial charge in [0.2, 0.25) is 0 Å². The first-order valence-electron chi connectivity index (χ1n) is 9.09. The number of thiazole rings is 1. The van der Waals surface area contributed by atoms with Crippen LogP contribution in [0.4, 0.5) is 0 Å². The molecule has 3 atom stereocenters. The number of rotatable bonds is 5. The van der Waals surface area contributed by atoms with Crippen LogP contribution >= 0.6 is 11.3 Å². The van der Waals surface area contributed by atoms with Crippen LogP contribution in [0.1, 0.15) is 58.9 Å². The van der Waals surface area contributed by atoms with E-state index in [0.717, 1.165) is 24.3 Å². The average molecular weight is 381 g/mol. The highest BCUT2D eigenvalue weighted by molar-refractivity contribution is 7.09. The molecule has 1 aliphatic rings. The van der Waals surface area contributed by atoms with Gasteiger partial charge < -0.3 is 9.53 Å². The number of nitriles is 1. The Morgan fingerprint density at radius 2 is 1.84 bits per heavy atom. The van der Waals surface area contributed by atoms with Crippen LogP contribution in [0, 0.1) is 23.2 Å². The van der Waals surface area contributed by atoms with Crippen LogP contribution in [0.15, 0.2) is 11.6 Å². The van der Waals surface area contributed by atoms with Gasteiger partial charge in [-0.25, -0.2) is 4.98 Å². The highest BCUT2D eigenvalue weighted by atomic mass is 32.1. The molecule has 2 rings (SSSR count). The maximum absolute atomic E-state index is 10.7. The molecule has 0 spiro atoms. The third kappa shape index (κ3) is 3.85. The van der Waals surface area contributed by atoms with Gasteiger partial charge in [0.15, 0.2) is 13.9 Å². The van der Waals surface area contributed by atoms with Crippen molar-refractivity contribution in [3.8, 4) is 6.07 Å². The minimum Gasteiger partial charge on any atom is -0.394 e. The molecule has 0 aliphatic heterocycles. The predicted molar refractivity (Wildman–Crippen MR) is 105 cm³/mol. The zero-order chi connectivity index (χ0) is 19.1. The third-order valence-corrected chi connectivity index (χ3v) is 11.4. The van der Waals surface area contributed by atoms with E-state index >= 15 is 0 Å². The molecule has 1 aliphatic carbocycles. The van der Waals surface area contributed by atoms with Gasteiger partial charge in [0.1, 0.15) is 11.1 Å². The fourth-order valence-corrected chi connectivity index (χ4v) is 5.95. The molecule has 0 saturated heterocycles. The standard InChI is InChI=1S/C19H32N2O2SSi/c1-17(2,3)25(6,7)23-19(13-20,16-21-11-12-24-16)15-10-8-9-14(15)18(4,5)22/h11-12,14-15,22H,8-10H2,1-7H3/t14-,15-,19?/m1/s1. The van der Waals surface area contributed by atoms with Crippen LogP contribution in [0.25, 0.3) is 0 Å². The first kappa shape index (κ1) is 20.6. The smallest absolute Gasteiger partial charge is 0.199 e. The van der Waals surface area contributed by atoms with Crippen molar-refractivity contribution in [1.82, 2.24) is 4.98 Å². The zero-order valence-corrected chi connectivity index (χ0v) is 18.4. The Hall–Kier alpha value is -0.743. The minimum absolute atomic E-state index is 0.00477. The van der Waals surface area contributed by atoms with Crippen molar-refractivity contribution in [2.75, 3.05) is 0 Å². The van der Waals surface area contributed by atoms with E-state index in [1.54, 1.807) is 6.20 Å². The van der Waals surface area contributed by atoms with Gasteiger partial charge in [0.25, 0.3) is 0 Å². The summed E-state index contributed by atoms with van der Waals surface area (Å²) in [5.74, 6) is -0.0152. The molecule has 1 aromatic rings. The molecule has 6 heteroatoms. The Kier molecular flexibility index (Phi) is 5.57. The number of nitrogens with zero attached hydrogens (tertiary/aromatic N) is 2. The fourth-order valence-electron chi connectivity index (χ4n) is 3.69. The quantitative estimate of drug-likeness (QED) is 0.724. The molecular weight excluding hydrogens is 348 g/mol. The van der Waals surface area contributed by atoms with Crippen LogP contribution < -0.4 is 0 Å². The summed E-state index contributed by atoms with van der Waals surface area (Å²) in [7, 11) is -2.21. The van der Waals surface area contributed by atoms with Gasteiger partial charge in [-0.2, -0.15) is 5.26 Å². The summed E-state index contributed by atoms with van der Waals surface area (Å²) in [6.07, 6.45) is 4.56. The maximum atomic E-state index is 10.7. The first-order valence-corrected chi connectivity index (χ1v) is 12.9. The molecule has 140 valence electrons. The normalized spacial score (nSPS) is 24.8. The summed E-state index contributed by atoms with van der Waals surface area (Å²) in [5.41, 5.74) is -1.91. The number of hydrogen-bond donors (Lipinski definition) is 1. The SMILES string of the molecule is CC(C)(O)[C@@H]1CCC[C@H]1C(C#N)(O[Si](C)(C)C(C)(C)C)c1nccs1. The van der Waals surface area contributed by atoms with Crippen molar-refractivity contribution in [3.05, 3.63) is 16.6 Å². The van der Waals surface area contributed by atoms with E-state index < -0.39 is 19.5 Å². The van der Waals surface area contributed by atoms with E-state index in [2.05, 4.69) is 44.9 Å². The Bertz CT molecular complexity index is 625. The van der Waals surface area contributed by atoms with Crippen molar-refractivity contribution in [3.63, 3.8) is 0 Å². The van der Waals surface area contributed by atoms with Crippen molar-refractivity contribution >= 4 is 19.7 Å². The predicted octanol–water partition coefficient (Wildman–Crippen LogP) is 5.07. The lowest BCUT2D eigenvalue weighted by atomic mass is 9.74. The number of aromatic nitrogens is 1. The van der Waals surface area contributed by atoms with Gasteiger partial charge in [-0.1, -0.05) is 27.2 Å². The molecule has 1 fully saturated rings. The molecule has 1 N–H and O–H groups in total. The fraction of sp³-hybridized carbons (Fsp3) is 0.789. The summed E-state index contributed by atoms with van der Waals surface area (Å²) >= 11 is 1.49. The van der Waals surface area contributed by atoms with Crippen LogP contribution in [0.5, 0.6) is 0 Å². The topological polar surface area (TPSA) is 66.1 Å². The molecule has 1 heterocycles. The minimum atomic E-state index is -2.21. The molecule has 0 radical (unpaired) electrons. The van der Waals surface area contributed by atoms with Gasteiger partial charge in [-0.15, -0.1) is 11.3 Å². The second-order valence-corrected chi connectivity index (χ2v) is 15.0. The van der Waals surface area contributed by atoms with Gasteiger partial charge in [0.05, 0.1) is 5.60 Å². The Morgan fingerprint density at radius 1 is 1.24 bits per heavy atom. The summed E-state index contributed by atoms with van der Waals surface area (Å²) in [5, 5.41) is 23.7. The highest BCUT2D eigenvalue weighted by Gasteiger charge is 2.56. The number of aliphatic hydroxyl groups is 1. The lowest BCUT2D eigenvalue weighted by Gasteiger charge is -2.46. The molecule has 1 saturated carbocycles. The van der Waals surface area contributed by atoms with Crippen molar-refractivity contribution in [2.45, 2.75) is 83.2 Å². The van der Waals surface area contributed by atoms with Crippen LogP contribution in [0.2, 0.25) is 18.1 Å². The van der Waals surface area contributed by atoms with E-state index in [1.807, 2.05) is 19.2 Å². The second kappa shape index (κ2) is 6.77. The van der Waals surface area contributed by atoms with E-state index in [-0.39, 0.29) is 16.9 Å². The molecular formula is C19H32N2O2SSi. The first-order chi connectivity index (χ1) is 11.4. The molecule has 4 nitrogen and oxygen atoms in total. The van der Waals surface area contributed by atoms with Gasteiger partial charge in [-0.05, 0) is 50.7 Å². The van der Waals surface area contributed by atoms with E-state index in [0.29, 0.717) is 0 Å². The molecule has 1 aromatic heterocycles. The number of hydrogen-bond acceptors (Lipinski definition) is 5. The van der Waals surface area contributed by atoms with E-state index in [1.165, 1.54) is 11.3 Å². The Labute approximate surface area is 157 Å². The monoisotopic (exact) mass is 380 g/mol. The zero-order valence-electron chi connectivity index (χ0n) is 16.6. The summed E-state index contributed by atoms with van der Waals surface area (Å²) < 4.78 is 6.81. The van der Waals surface area contributed by atoms with Gasteiger partial charge in [-0.3, -0.25) is 0 Å².